The summed E-state index contributed by atoms with van der Waals surface area (Å²) in [5, 5.41) is 3.25. The summed E-state index contributed by atoms with van der Waals surface area (Å²) in [4.78, 5) is 16.9. The molecule has 0 saturated heterocycles. The number of amides is 1. The van der Waals surface area contributed by atoms with Crippen LogP contribution in [0.2, 0.25) is 0 Å². The molecule has 1 aromatic heterocycles. The highest BCUT2D eigenvalue weighted by atomic mass is 19.4. The molecule has 32 heavy (non-hydrogen) atoms. The van der Waals surface area contributed by atoms with Crippen LogP contribution in [-0.2, 0) is 23.8 Å². The molecule has 0 bridgehead atoms. The van der Waals surface area contributed by atoms with Crippen molar-refractivity contribution in [3.63, 3.8) is 0 Å². The number of hydrogen-bond acceptors (Lipinski definition) is 2. The molecule has 0 aliphatic rings. The SMILES string of the molecule is CCc1cccc(NC(=O)Cc2cnc3c(C(F)(F)F)cccc3c2-c2ccccc2)c1. The quantitative estimate of drug-likeness (QED) is 0.381. The standard InChI is InChI=1S/C26H21F3N2O/c1-2-17-8-6-11-20(14-17)31-23(32)15-19-16-30-25-21(12-7-13-22(25)26(27,28)29)24(19)18-9-4-3-5-10-18/h3-14,16H,2,15H2,1H3,(H,31,32). The molecule has 4 rings (SSSR count). The molecule has 3 nitrogen and oxygen atoms in total. The number of halogens is 3. The zero-order chi connectivity index (χ0) is 22.7. The van der Waals surface area contributed by atoms with Crippen molar-refractivity contribution in [1.29, 1.82) is 0 Å². The van der Waals surface area contributed by atoms with E-state index in [1.54, 1.807) is 6.07 Å². The second-order valence-corrected chi connectivity index (χ2v) is 7.50. The van der Waals surface area contributed by atoms with E-state index in [0.29, 0.717) is 22.2 Å². The molecule has 6 heteroatoms. The Morgan fingerprint density at radius 3 is 2.44 bits per heavy atom. The van der Waals surface area contributed by atoms with Gasteiger partial charge in [-0.3, -0.25) is 9.78 Å². The smallest absolute Gasteiger partial charge is 0.326 e. The molecule has 0 saturated carbocycles. The minimum atomic E-state index is -4.52. The summed E-state index contributed by atoms with van der Waals surface area (Å²) >= 11 is 0. The zero-order valence-corrected chi connectivity index (χ0v) is 17.4. The molecule has 0 aliphatic carbocycles. The first-order valence-corrected chi connectivity index (χ1v) is 10.3. The summed E-state index contributed by atoms with van der Waals surface area (Å²) < 4.78 is 40.7. The van der Waals surface area contributed by atoms with E-state index in [1.807, 2.05) is 61.5 Å². The zero-order valence-electron chi connectivity index (χ0n) is 17.4. The molecule has 1 heterocycles. The van der Waals surface area contributed by atoms with Gasteiger partial charge in [-0.15, -0.1) is 0 Å². The van der Waals surface area contributed by atoms with Gasteiger partial charge in [-0.25, -0.2) is 0 Å². The normalized spacial score (nSPS) is 11.5. The van der Waals surface area contributed by atoms with Gasteiger partial charge in [0.15, 0.2) is 0 Å². The van der Waals surface area contributed by atoms with Gasteiger partial charge in [0.05, 0.1) is 17.5 Å². The van der Waals surface area contributed by atoms with Gasteiger partial charge in [0.1, 0.15) is 0 Å². The summed E-state index contributed by atoms with van der Waals surface area (Å²) in [6, 6.07) is 20.7. The van der Waals surface area contributed by atoms with Crippen molar-refractivity contribution < 1.29 is 18.0 Å². The number of alkyl halides is 3. The third-order valence-corrected chi connectivity index (χ3v) is 5.31. The van der Waals surface area contributed by atoms with Gasteiger partial charge in [0.25, 0.3) is 0 Å². The summed E-state index contributed by atoms with van der Waals surface area (Å²) in [6.45, 7) is 2.03. The molecule has 3 aromatic carbocycles. The van der Waals surface area contributed by atoms with Gasteiger partial charge in [-0.1, -0.05) is 61.5 Å². The Balaban J connectivity index is 1.78. The molecule has 0 aliphatic heterocycles. The lowest BCUT2D eigenvalue weighted by molar-refractivity contribution is -0.136. The lowest BCUT2D eigenvalue weighted by Crippen LogP contribution is -2.15. The summed E-state index contributed by atoms with van der Waals surface area (Å²) in [7, 11) is 0. The first kappa shape index (κ1) is 21.6. The second-order valence-electron chi connectivity index (χ2n) is 7.50. The number of fused-ring (bicyclic) bond motifs is 1. The van der Waals surface area contributed by atoms with Crippen LogP contribution < -0.4 is 5.32 Å². The van der Waals surface area contributed by atoms with Gasteiger partial charge in [-0.05, 0) is 46.9 Å². The number of benzene rings is 3. The predicted octanol–water partition coefficient (Wildman–Crippen LogP) is 6.66. The fraction of sp³-hybridized carbons (Fsp3) is 0.154. The molecule has 1 N–H and O–H groups in total. The van der Waals surface area contributed by atoms with Gasteiger partial charge in [0, 0.05) is 17.3 Å². The maximum Gasteiger partial charge on any atom is 0.418 e. The topological polar surface area (TPSA) is 42.0 Å². The molecule has 4 aromatic rings. The van der Waals surface area contributed by atoms with Gasteiger partial charge >= 0.3 is 6.18 Å². The number of nitrogens with zero attached hydrogens (tertiary/aromatic N) is 1. The number of para-hydroxylation sites is 1. The number of pyridine rings is 1. The summed E-state index contributed by atoms with van der Waals surface area (Å²) in [6.07, 6.45) is -2.32. The van der Waals surface area contributed by atoms with E-state index >= 15 is 0 Å². The number of aryl methyl sites for hydroxylation is 1. The summed E-state index contributed by atoms with van der Waals surface area (Å²) in [5.74, 6) is -0.261. The van der Waals surface area contributed by atoms with Crippen LogP contribution in [0.4, 0.5) is 18.9 Å². The number of aromatic nitrogens is 1. The highest BCUT2D eigenvalue weighted by molar-refractivity contribution is 6.00. The molecule has 0 spiro atoms. The largest absolute Gasteiger partial charge is 0.418 e. The van der Waals surface area contributed by atoms with Crippen LogP contribution in [0.3, 0.4) is 0 Å². The lowest BCUT2D eigenvalue weighted by Gasteiger charge is -2.16. The monoisotopic (exact) mass is 434 g/mol. The molecular weight excluding hydrogens is 413 g/mol. The molecule has 0 unspecified atom stereocenters. The Kier molecular flexibility index (Phi) is 5.95. The van der Waals surface area contributed by atoms with E-state index in [4.69, 9.17) is 0 Å². The molecule has 0 atom stereocenters. The van der Waals surface area contributed by atoms with E-state index in [2.05, 4.69) is 10.3 Å². The molecule has 1 amide bonds. The van der Waals surface area contributed by atoms with Crippen LogP contribution in [0.5, 0.6) is 0 Å². The van der Waals surface area contributed by atoms with Crippen molar-refractivity contribution in [3.05, 3.63) is 95.7 Å². The minimum Gasteiger partial charge on any atom is -0.326 e. The first-order valence-electron chi connectivity index (χ1n) is 10.3. The molecular formula is C26H21F3N2O. The van der Waals surface area contributed by atoms with Crippen LogP contribution in [-0.4, -0.2) is 10.9 Å². The average Bonchev–Trinajstić information content (AvgIpc) is 2.78. The van der Waals surface area contributed by atoms with Gasteiger partial charge in [-0.2, -0.15) is 13.2 Å². The molecule has 162 valence electrons. The Morgan fingerprint density at radius 2 is 1.72 bits per heavy atom. The van der Waals surface area contributed by atoms with Gasteiger partial charge in [0.2, 0.25) is 5.91 Å². The fourth-order valence-electron chi connectivity index (χ4n) is 3.82. The van der Waals surface area contributed by atoms with Crippen molar-refractivity contribution in [3.8, 4) is 11.1 Å². The minimum absolute atomic E-state index is 0.0141. The van der Waals surface area contributed by atoms with Crippen LogP contribution >= 0.6 is 0 Å². The maximum absolute atomic E-state index is 13.6. The van der Waals surface area contributed by atoms with Crippen LogP contribution in [0.25, 0.3) is 22.0 Å². The first-order chi connectivity index (χ1) is 15.4. The molecule has 0 fully saturated rings. The number of carbonyl (C=O) groups excluding carboxylic acids is 1. The van der Waals surface area contributed by atoms with Crippen molar-refractivity contribution >= 4 is 22.5 Å². The van der Waals surface area contributed by atoms with E-state index < -0.39 is 11.7 Å². The maximum atomic E-state index is 13.6. The van der Waals surface area contributed by atoms with Crippen molar-refractivity contribution in [2.75, 3.05) is 5.32 Å². The number of hydrogen-bond donors (Lipinski definition) is 1. The van der Waals surface area contributed by atoms with E-state index in [0.717, 1.165) is 23.6 Å². The number of nitrogens with one attached hydrogen (secondary N) is 1. The summed E-state index contributed by atoms with van der Waals surface area (Å²) in [5.41, 5.74) is 2.74. The van der Waals surface area contributed by atoms with Crippen LogP contribution in [0.15, 0.2) is 79.0 Å². The Labute approximate surface area is 183 Å². The lowest BCUT2D eigenvalue weighted by atomic mass is 9.93. The highest BCUT2D eigenvalue weighted by Gasteiger charge is 2.33. The Hall–Kier alpha value is -3.67. The Morgan fingerprint density at radius 1 is 0.969 bits per heavy atom. The molecule has 0 radical (unpaired) electrons. The number of carbonyl (C=O) groups is 1. The van der Waals surface area contributed by atoms with E-state index in [9.17, 15) is 18.0 Å². The number of anilines is 1. The Bertz CT molecular complexity index is 1270. The predicted molar refractivity (Wildman–Crippen MR) is 120 cm³/mol. The van der Waals surface area contributed by atoms with Crippen LogP contribution in [0.1, 0.15) is 23.6 Å². The third kappa shape index (κ3) is 4.49. The fourth-order valence-corrected chi connectivity index (χ4v) is 3.82. The van der Waals surface area contributed by atoms with Crippen LogP contribution in [0, 0.1) is 0 Å². The third-order valence-electron chi connectivity index (χ3n) is 5.31. The van der Waals surface area contributed by atoms with Gasteiger partial charge < -0.3 is 5.32 Å². The highest BCUT2D eigenvalue weighted by Crippen LogP contribution is 2.38. The van der Waals surface area contributed by atoms with Crippen molar-refractivity contribution in [2.45, 2.75) is 25.9 Å². The average molecular weight is 434 g/mol. The van der Waals surface area contributed by atoms with E-state index in [1.165, 1.54) is 12.3 Å². The second kappa shape index (κ2) is 8.83. The van der Waals surface area contributed by atoms with Crippen molar-refractivity contribution in [1.82, 2.24) is 4.98 Å². The van der Waals surface area contributed by atoms with Crippen molar-refractivity contribution in [2.24, 2.45) is 0 Å². The number of rotatable bonds is 5. The van der Waals surface area contributed by atoms with E-state index in [-0.39, 0.29) is 17.8 Å².